The number of phenols is 1. The standard InChI is InChI=1S/C21H15F6NO4/c22-20(23,24)18(21(25,26)27)19(13-4-8-15(29)9-5-13)12-2-1-3-17(19)32-16-10-6-14(7-11-16)28(30)31/h1-12,17-18,29H. The summed E-state index contributed by atoms with van der Waals surface area (Å²) >= 11 is 0. The number of halogens is 6. The van der Waals surface area contributed by atoms with Gasteiger partial charge in [-0.3, -0.25) is 10.1 Å². The Morgan fingerprint density at radius 2 is 1.50 bits per heavy atom. The first-order chi connectivity index (χ1) is 14.9. The maximum Gasteiger partial charge on any atom is 0.401 e. The van der Waals surface area contributed by atoms with Gasteiger partial charge in [-0.15, -0.1) is 0 Å². The van der Waals surface area contributed by atoms with E-state index in [-0.39, 0.29) is 22.7 Å². The van der Waals surface area contributed by atoms with Crippen molar-refractivity contribution in [2.24, 2.45) is 5.92 Å². The molecule has 2 unspecified atom stereocenters. The van der Waals surface area contributed by atoms with Crippen LogP contribution in [0.1, 0.15) is 5.56 Å². The number of alkyl halides is 6. The Morgan fingerprint density at radius 3 is 2.00 bits per heavy atom. The maximum atomic E-state index is 13.9. The summed E-state index contributed by atoms with van der Waals surface area (Å²) in [6, 6.07) is 8.11. The Hall–Kier alpha value is -3.50. The van der Waals surface area contributed by atoms with Gasteiger partial charge < -0.3 is 9.84 Å². The van der Waals surface area contributed by atoms with Crippen molar-refractivity contribution in [3.8, 4) is 11.5 Å². The molecule has 0 heterocycles. The highest BCUT2D eigenvalue weighted by Crippen LogP contribution is 2.55. The van der Waals surface area contributed by atoms with Crippen molar-refractivity contribution in [2.75, 3.05) is 0 Å². The van der Waals surface area contributed by atoms with Gasteiger partial charge in [0.15, 0.2) is 5.92 Å². The Morgan fingerprint density at radius 1 is 0.938 bits per heavy atom. The van der Waals surface area contributed by atoms with E-state index in [1.54, 1.807) is 0 Å². The molecule has 2 aromatic carbocycles. The van der Waals surface area contributed by atoms with E-state index in [0.717, 1.165) is 66.8 Å². The van der Waals surface area contributed by atoms with Crippen molar-refractivity contribution >= 4 is 5.69 Å². The highest BCUT2D eigenvalue weighted by atomic mass is 19.4. The van der Waals surface area contributed by atoms with E-state index in [4.69, 9.17) is 4.74 Å². The molecule has 1 aliphatic carbocycles. The lowest BCUT2D eigenvalue weighted by Crippen LogP contribution is -2.58. The normalized spacial score (nSPS) is 21.0. The number of ether oxygens (including phenoxy) is 1. The second-order valence-corrected chi connectivity index (χ2v) is 7.03. The van der Waals surface area contributed by atoms with Gasteiger partial charge in [-0.05, 0) is 35.9 Å². The van der Waals surface area contributed by atoms with Crippen LogP contribution in [0.4, 0.5) is 32.0 Å². The fourth-order valence-corrected chi connectivity index (χ4v) is 3.73. The molecule has 5 nitrogen and oxygen atoms in total. The number of hydrogen-bond acceptors (Lipinski definition) is 4. The monoisotopic (exact) mass is 459 g/mol. The van der Waals surface area contributed by atoms with Gasteiger partial charge in [-0.2, -0.15) is 26.3 Å². The first kappa shape index (κ1) is 23.2. The minimum atomic E-state index is -5.71. The molecule has 2 aromatic rings. The summed E-state index contributed by atoms with van der Waals surface area (Å²) in [5, 5.41) is 20.3. The molecule has 32 heavy (non-hydrogen) atoms. The average Bonchev–Trinajstić information content (AvgIpc) is 2.68. The summed E-state index contributed by atoms with van der Waals surface area (Å²) in [5.41, 5.74) is -3.49. The lowest BCUT2D eigenvalue weighted by molar-refractivity contribution is -0.384. The van der Waals surface area contributed by atoms with E-state index >= 15 is 0 Å². The van der Waals surface area contributed by atoms with E-state index in [0.29, 0.717) is 0 Å². The number of nitrogens with zero attached hydrogens (tertiary/aromatic N) is 1. The number of non-ortho nitro benzene ring substituents is 1. The van der Waals surface area contributed by atoms with Crippen LogP contribution < -0.4 is 4.74 Å². The number of allylic oxidation sites excluding steroid dienone is 2. The van der Waals surface area contributed by atoms with Gasteiger partial charge in [0, 0.05) is 12.1 Å². The van der Waals surface area contributed by atoms with Gasteiger partial charge in [0.2, 0.25) is 0 Å². The van der Waals surface area contributed by atoms with E-state index in [1.807, 2.05) is 0 Å². The minimum Gasteiger partial charge on any atom is -0.508 e. The van der Waals surface area contributed by atoms with Crippen molar-refractivity contribution in [1.29, 1.82) is 0 Å². The van der Waals surface area contributed by atoms with Crippen LogP contribution in [0.3, 0.4) is 0 Å². The molecule has 1 N–H and O–H groups in total. The number of rotatable bonds is 5. The molecule has 0 saturated heterocycles. The van der Waals surface area contributed by atoms with Crippen LogP contribution in [-0.4, -0.2) is 28.5 Å². The van der Waals surface area contributed by atoms with E-state index in [9.17, 15) is 41.6 Å². The summed E-state index contributed by atoms with van der Waals surface area (Å²) < 4.78 is 89.0. The van der Waals surface area contributed by atoms with Crippen LogP contribution in [0.5, 0.6) is 11.5 Å². The first-order valence-corrected chi connectivity index (χ1v) is 9.06. The molecule has 0 bridgehead atoms. The van der Waals surface area contributed by atoms with Crippen molar-refractivity contribution in [1.82, 2.24) is 0 Å². The van der Waals surface area contributed by atoms with Crippen LogP contribution in [0.15, 0.2) is 72.8 Å². The highest BCUT2D eigenvalue weighted by molar-refractivity contribution is 5.44. The zero-order valence-corrected chi connectivity index (χ0v) is 16.0. The molecule has 2 atom stereocenters. The van der Waals surface area contributed by atoms with Crippen molar-refractivity contribution in [2.45, 2.75) is 23.9 Å². The SMILES string of the molecule is O=[N+]([O-])c1ccc(OC2C=CC=CC2(c2ccc(O)cc2)C(C(F)(F)F)C(F)(F)F)cc1. The van der Waals surface area contributed by atoms with E-state index in [2.05, 4.69) is 0 Å². The number of nitro benzene ring substituents is 1. The molecule has 0 spiro atoms. The molecule has 0 fully saturated rings. The molecule has 3 rings (SSSR count). The first-order valence-electron chi connectivity index (χ1n) is 9.06. The quantitative estimate of drug-likeness (QED) is 0.346. The smallest absolute Gasteiger partial charge is 0.401 e. The van der Waals surface area contributed by atoms with Crippen LogP contribution in [-0.2, 0) is 5.41 Å². The molecule has 0 saturated carbocycles. The topological polar surface area (TPSA) is 72.6 Å². The molecule has 0 radical (unpaired) electrons. The summed E-state index contributed by atoms with van der Waals surface area (Å²) in [4.78, 5) is 10.1. The predicted octanol–water partition coefficient (Wildman–Crippen LogP) is 5.85. The maximum absolute atomic E-state index is 13.9. The largest absolute Gasteiger partial charge is 0.508 e. The number of benzene rings is 2. The van der Waals surface area contributed by atoms with Crippen LogP contribution in [0.2, 0.25) is 0 Å². The fourth-order valence-electron chi connectivity index (χ4n) is 3.73. The van der Waals surface area contributed by atoms with E-state index < -0.39 is 34.7 Å². The van der Waals surface area contributed by atoms with Gasteiger partial charge >= 0.3 is 12.4 Å². The van der Waals surface area contributed by atoms with Crippen LogP contribution in [0.25, 0.3) is 0 Å². The predicted molar refractivity (Wildman–Crippen MR) is 101 cm³/mol. The highest BCUT2D eigenvalue weighted by Gasteiger charge is 2.68. The van der Waals surface area contributed by atoms with Crippen LogP contribution in [0, 0.1) is 16.0 Å². The lowest BCUT2D eigenvalue weighted by atomic mass is 9.64. The van der Waals surface area contributed by atoms with Gasteiger partial charge in [0.1, 0.15) is 17.6 Å². The molecule has 0 aromatic heterocycles. The third kappa shape index (κ3) is 4.41. The summed E-state index contributed by atoms with van der Waals surface area (Å²) in [6.45, 7) is 0. The van der Waals surface area contributed by atoms with Crippen LogP contribution >= 0.6 is 0 Å². The average molecular weight is 459 g/mol. The van der Waals surface area contributed by atoms with Gasteiger partial charge in [0.05, 0.1) is 10.3 Å². The van der Waals surface area contributed by atoms with Crippen molar-refractivity contribution < 1.29 is 41.1 Å². The fraction of sp³-hybridized carbons (Fsp3) is 0.238. The van der Waals surface area contributed by atoms with Gasteiger partial charge in [-0.25, -0.2) is 0 Å². The second-order valence-electron chi connectivity index (χ2n) is 7.03. The molecular formula is C21H15F6NO4. The third-order valence-electron chi connectivity index (χ3n) is 5.05. The number of nitro groups is 1. The molecule has 11 heteroatoms. The van der Waals surface area contributed by atoms with Crippen molar-refractivity contribution in [3.63, 3.8) is 0 Å². The zero-order chi connectivity index (χ0) is 23.7. The molecular weight excluding hydrogens is 444 g/mol. The summed E-state index contributed by atoms with van der Waals surface area (Å²) in [7, 11) is 0. The molecule has 170 valence electrons. The van der Waals surface area contributed by atoms with Crippen molar-refractivity contribution in [3.05, 3.63) is 88.5 Å². The summed E-state index contributed by atoms with van der Waals surface area (Å²) in [6.07, 6.45) is -9.05. The Balaban J connectivity index is 2.19. The van der Waals surface area contributed by atoms with E-state index in [1.165, 1.54) is 6.08 Å². The molecule has 0 aliphatic heterocycles. The Bertz CT molecular complexity index is 1010. The van der Waals surface area contributed by atoms with Gasteiger partial charge in [-0.1, -0.05) is 30.4 Å². The zero-order valence-electron chi connectivity index (χ0n) is 16.0. The lowest BCUT2D eigenvalue weighted by Gasteiger charge is -2.45. The minimum absolute atomic E-state index is 0.160. The molecule has 0 amide bonds. The number of hydrogen-bond donors (Lipinski definition) is 1. The Kier molecular flexibility index (Phi) is 5.94. The van der Waals surface area contributed by atoms with Gasteiger partial charge in [0.25, 0.3) is 5.69 Å². The second kappa shape index (κ2) is 8.21. The summed E-state index contributed by atoms with van der Waals surface area (Å²) in [5.74, 6) is -4.36. The molecule has 1 aliphatic rings. The third-order valence-corrected chi connectivity index (χ3v) is 5.05. The number of phenolic OH excluding ortho intramolecular Hbond substituents is 1. The number of aromatic hydroxyl groups is 1. The Labute approximate surface area is 177 Å².